The summed E-state index contributed by atoms with van der Waals surface area (Å²) in [5, 5.41) is 2.85. The number of halogens is 3. The summed E-state index contributed by atoms with van der Waals surface area (Å²) in [5.41, 5.74) is 4.96. The lowest BCUT2D eigenvalue weighted by molar-refractivity contribution is -0.138. The van der Waals surface area contributed by atoms with Gasteiger partial charge in [-0.25, -0.2) is 4.99 Å². The molecule has 0 radical (unpaired) electrons. The van der Waals surface area contributed by atoms with Crippen LogP contribution in [0.2, 0.25) is 0 Å². The van der Waals surface area contributed by atoms with Gasteiger partial charge in [-0.2, -0.15) is 13.2 Å². The summed E-state index contributed by atoms with van der Waals surface area (Å²) in [4.78, 5) is 3.98. The Morgan fingerprint density at radius 2 is 2.04 bits per heavy atom. The standard InChI is InChI=1S/C17H26F3N3O2/c1-4-24-9-5-8-22-16(21)23-11-13-6-7-14(25-12(2)3)10-15(13)17(18,19)20/h6-7,10,12H,4-5,8-9,11H2,1-3H3,(H3,21,22,23). The van der Waals surface area contributed by atoms with Crippen LogP contribution in [-0.2, 0) is 17.5 Å². The van der Waals surface area contributed by atoms with E-state index in [0.717, 1.165) is 12.5 Å². The molecule has 0 amide bonds. The number of hydrogen-bond donors (Lipinski definition) is 2. The first kappa shape index (κ1) is 21.1. The molecule has 0 bridgehead atoms. The molecule has 25 heavy (non-hydrogen) atoms. The predicted molar refractivity (Wildman–Crippen MR) is 91.6 cm³/mol. The normalized spacial score (nSPS) is 12.5. The van der Waals surface area contributed by atoms with E-state index in [4.69, 9.17) is 15.2 Å². The molecule has 1 aromatic carbocycles. The number of alkyl halides is 3. The van der Waals surface area contributed by atoms with Crippen molar-refractivity contribution in [3.63, 3.8) is 0 Å². The number of guanidine groups is 1. The van der Waals surface area contributed by atoms with Crippen LogP contribution in [0.3, 0.4) is 0 Å². The largest absolute Gasteiger partial charge is 0.491 e. The van der Waals surface area contributed by atoms with E-state index in [9.17, 15) is 13.2 Å². The molecule has 3 N–H and O–H groups in total. The lowest BCUT2D eigenvalue weighted by Gasteiger charge is -2.16. The Balaban J connectivity index is 2.74. The summed E-state index contributed by atoms with van der Waals surface area (Å²) in [5.74, 6) is 0.282. The van der Waals surface area contributed by atoms with E-state index in [2.05, 4.69) is 10.3 Å². The number of hydrogen-bond acceptors (Lipinski definition) is 3. The molecular weight excluding hydrogens is 335 g/mol. The van der Waals surface area contributed by atoms with Crippen molar-refractivity contribution in [2.24, 2.45) is 10.7 Å². The third kappa shape index (κ3) is 8.11. The van der Waals surface area contributed by atoms with Gasteiger partial charge in [0.05, 0.1) is 18.2 Å². The van der Waals surface area contributed by atoms with Gasteiger partial charge in [-0.3, -0.25) is 0 Å². The topological polar surface area (TPSA) is 68.9 Å². The smallest absolute Gasteiger partial charge is 0.416 e. The average Bonchev–Trinajstić information content (AvgIpc) is 2.52. The Bertz CT molecular complexity index is 561. The molecule has 0 saturated carbocycles. The van der Waals surface area contributed by atoms with Crippen molar-refractivity contribution in [2.75, 3.05) is 19.8 Å². The van der Waals surface area contributed by atoms with Crippen LogP contribution >= 0.6 is 0 Å². The fraction of sp³-hybridized carbons (Fsp3) is 0.588. The molecule has 0 aliphatic heterocycles. The number of nitrogens with two attached hydrogens (primary N) is 1. The second-order valence-electron chi connectivity index (χ2n) is 5.66. The van der Waals surface area contributed by atoms with Gasteiger partial charge >= 0.3 is 6.18 Å². The second-order valence-corrected chi connectivity index (χ2v) is 5.66. The van der Waals surface area contributed by atoms with Gasteiger partial charge in [-0.1, -0.05) is 6.07 Å². The van der Waals surface area contributed by atoms with Crippen LogP contribution in [0.25, 0.3) is 0 Å². The van der Waals surface area contributed by atoms with E-state index in [1.807, 2.05) is 6.92 Å². The molecule has 0 spiro atoms. The highest BCUT2D eigenvalue weighted by Gasteiger charge is 2.33. The first-order chi connectivity index (χ1) is 11.7. The van der Waals surface area contributed by atoms with Crippen LogP contribution in [0, 0.1) is 0 Å². The molecule has 0 fully saturated rings. The van der Waals surface area contributed by atoms with Crippen molar-refractivity contribution in [1.29, 1.82) is 0 Å². The summed E-state index contributed by atoms with van der Waals surface area (Å²) in [6.45, 7) is 7.02. The minimum atomic E-state index is -4.49. The van der Waals surface area contributed by atoms with Crippen molar-refractivity contribution in [1.82, 2.24) is 5.32 Å². The highest BCUT2D eigenvalue weighted by molar-refractivity contribution is 5.77. The maximum absolute atomic E-state index is 13.2. The third-order valence-corrected chi connectivity index (χ3v) is 3.15. The van der Waals surface area contributed by atoms with Gasteiger partial charge in [-0.15, -0.1) is 0 Å². The van der Waals surface area contributed by atoms with Crippen LogP contribution in [0.5, 0.6) is 5.75 Å². The second kappa shape index (κ2) is 10.1. The number of rotatable bonds is 9. The van der Waals surface area contributed by atoms with Crippen LogP contribution in [0.15, 0.2) is 23.2 Å². The molecule has 1 rings (SSSR count). The van der Waals surface area contributed by atoms with Crippen molar-refractivity contribution < 1.29 is 22.6 Å². The van der Waals surface area contributed by atoms with Crippen molar-refractivity contribution in [2.45, 2.75) is 46.0 Å². The Kier molecular flexibility index (Phi) is 8.54. The zero-order valence-corrected chi connectivity index (χ0v) is 14.8. The van der Waals surface area contributed by atoms with Crippen molar-refractivity contribution >= 4 is 5.96 Å². The predicted octanol–water partition coefficient (Wildman–Crippen LogP) is 3.32. The molecule has 0 aromatic heterocycles. The summed E-state index contributed by atoms with van der Waals surface area (Å²) in [7, 11) is 0. The average molecular weight is 361 g/mol. The monoisotopic (exact) mass is 361 g/mol. The highest BCUT2D eigenvalue weighted by atomic mass is 19.4. The number of nitrogens with one attached hydrogen (secondary N) is 1. The van der Waals surface area contributed by atoms with Gasteiger partial charge in [0.2, 0.25) is 0 Å². The van der Waals surface area contributed by atoms with Crippen LogP contribution in [0.1, 0.15) is 38.3 Å². The molecule has 0 saturated heterocycles. The Morgan fingerprint density at radius 1 is 1.32 bits per heavy atom. The van der Waals surface area contributed by atoms with E-state index < -0.39 is 11.7 Å². The van der Waals surface area contributed by atoms with E-state index in [-0.39, 0.29) is 29.9 Å². The minimum Gasteiger partial charge on any atom is -0.491 e. The van der Waals surface area contributed by atoms with Gasteiger partial charge < -0.3 is 20.5 Å². The lowest BCUT2D eigenvalue weighted by Crippen LogP contribution is -2.33. The lowest BCUT2D eigenvalue weighted by atomic mass is 10.1. The van der Waals surface area contributed by atoms with Crippen LogP contribution in [0.4, 0.5) is 13.2 Å². The number of benzene rings is 1. The molecule has 0 aliphatic rings. The SMILES string of the molecule is CCOCCCNC(N)=NCc1ccc(OC(C)C)cc1C(F)(F)F. The summed E-state index contributed by atoms with van der Waals surface area (Å²) in [6, 6.07) is 3.87. The van der Waals surface area contributed by atoms with E-state index in [0.29, 0.717) is 19.8 Å². The van der Waals surface area contributed by atoms with Gasteiger partial charge in [-0.05, 0) is 44.9 Å². The van der Waals surface area contributed by atoms with Crippen molar-refractivity contribution in [3.05, 3.63) is 29.3 Å². The van der Waals surface area contributed by atoms with Gasteiger partial charge in [0.15, 0.2) is 5.96 Å². The number of nitrogens with zero attached hydrogens (tertiary/aromatic N) is 1. The Hall–Kier alpha value is -1.96. The molecule has 8 heteroatoms. The van der Waals surface area contributed by atoms with E-state index >= 15 is 0 Å². The zero-order chi connectivity index (χ0) is 18.9. The van der Waals surface area contributed by atoms with E-state index in [1.165, 1.54) is 12.1 Å². The fourth-order valence-corrected chi connectivity index (χ4v) is 2.06. The zero-order valence-electron chi connectivity index (χ0n) is 14.8. The maximum atomic E-state index is 13.2. The molecule has 0 unspecified atom stereocenters. The molecule has 142 valence electrons. The maximum Gasteiger partial charge on any atom is 0.416 e. The molecule has 5 nitrogen and oxygen atoms in total. The van der Waals surface area contributed by atoms with Crippen LogP contribution in [-0.4, -0.2) is 31.8 Å². The fourth-order valence-electron chi connectivity index (χ4n) is 2.06. The number of ether oxygens (including phenoxy) is 2. The summed E-state index contributed by atoms with van der Waals surface area (Å²) >= 11 is 0. The third-order valence-electron chi connectivity index (χ3n) is 3.15. The van der Waals surface area contributed by atoms with Crippen molar-refractivity contribution in [3.8, 4) is 5.75 Å². The van der Waals surface area contributed by atoms with Crippen LogP contribution < -0.4 is 15.8 Å². The first-order valence-corrected chi connectivity index (χ1v) is 8.22. The molecule has 0 aliphatic carbocycles. The summed E-state index contributed by atoms with van der Waals surface area (Å²) in [6.07, 6.45) is -3.96. The highest BCUT2D eigenvalue weighted by Crippen LogP contribution is 2.35. The Labute approximate surface area is 146 Å². The first-order valence-electron chi connectivity index (χ1n) is 8.22. The molecule has 0 heterocycles. The summed E-state index contributed by atoms with van der Waals surface area (Å²) < 4.78 is 50.2. The van der Waals surface area contributed by atoms with E-state index in [1.54, 1.807) is 13.8 Å². The molecular formula is C17H26F3N3O2. The quantitative estimate of drug-likeness (QED) is 0.402. The minimum absolute atomic E-state index is 0.0441. The Morgan fingerprint density at radius 3 is 2.64 bits per heavy atom. The van der Waals surface area contributed by atoms with Gasteiger partial charge in [0.25, 0.3) is 0 Å². The number of aliphatic imine (C=N–C) groups is 1. The van der Waals surface area contributed by atoms with Gasteiger partial charge in [0, 0.05) is 19.8 Å². The molecule has 1 aromatic rings. The molecule has 0 atom stereocenters. The van der Waals surface area contributed by atoms with Gasteiger partial charge in [0.1, 0.15) is 5.75 Å².